The van der Waals surface area contributed by atoms with Crippen molar-refractivity contribution < 1.29 is 23.4 Å². The molecule has 0 N–H and O–H groups in total. The number of rotatable bonds is 7. The van der Waals surface area contributed by atoms with Gasteiger partial charge in [0.1, 0.15) is 5.65 Å². The van der Waals surface area contributed by atoms with E-state index < -0.39 is 17.7 Å². The predicted octanol–water partition coefficient (Wildman–Crippen LogP) is 6.73. The second-order valence-electron chi connectivity index (χ2n) is 12.4. The molecule has 1 fully saturated rings. The number of ether oxygens (including phenoxy) is 3. The van der Waals surface area contributed by atoms with Crippen LogP contribution in [0.3, 0.4) is 0 Å². The number of hydrogen-bond acceptors (Lipinski definition) is 6. The van der Waals surface area contributed by atoms with Crippen LogP contribution in [-0.4, -0.2) is 52.3 Å². The van der Waals surface area contributed by atoms with Gasteiger partial charge in [0.2, 0.25) is 0 Å². The van der Waals surface area contributed by atoms with Crippen molar-refractivity contribution in [3.05, 3.63) is 46.0 Å². The number of hydrogen-bond donors (Lipinski definition) is 0. The van der Waals surface area contributed by atoms with E-state index in [1.165, 1.54) is 19.3 Å². The molecule has 1 atom stereocenters. The number of pyridine rings is 1. The molecule has 41 heavy (non-hydrogen) atoms. The number of fused-ring (bicyclic) bond motifs is 2. The van der Waals surface area contributed by atoms with Crippen LogP contribution in [0.1, 0.15) is 87.6 Å². The molecule has 222 valence electrons. The van der Waals surface area contributed by atoms with Gasteiger partial charge >= 0.3 is 5.97 Å². The van der Waals surface area contributed by atoms with Gasteiger partial charge in [-0.1, -0.05) is 6.42 Å². The minimum absolute atomic E-state index is 0.224. The number of carbonyl (C=O) groups excluding carboxylic acids is 1. The Kier molecular flexibility index (Phi) is 8.44. The predicted molar refractivity (Wildman–Crippen MR) is 159 cm³/mol. The smallest absolute Gasteiger partial charge is 0.340 e. The van der Waals surface area contributed by atoms with Gasteiger partial charge in [0.25, 0.3) is 0 Å². The van der Waals surface area contributed by atoms with E-state index in [2.05, 4.69) is 15.5 Å². The first-order valence-corrected chi connectivity index (χ1v) is 15.0. The van der Waals surface area contributed by atoms with Gasteiger partial charge < -0.3 is 18.8 Å². The molecule has 2 aromatic heterocycles. The zero-order valence-corrected chi connectivity index (χ0v) is 25.7. The summed E-state index contributed by atoms with van der Waals surface area (Å²) >= 11 is 0. The monoisotopic (exact) mass is 565 g/mol. The molecule has 4 heterocycles. The lowest BCUT2D eigenvalue weighted by Gasteiger charge is -2.30. The third-order valence-electron chi connectivity index (χ3n) is 8.28. The number of likely N-dealkylation sites (tertiary alicyclic amines) is 1. The van der Waals surface area contributed by atoms with Crippen LogP contribution in [-0.2, 0) is 34.3 Å². The second kappa shape index (κ2) is 11.7. The zero-order valence-electron chi connectivity index (χ0n) is 25.7. The number of aryl methyl sites for hydroxylation is 2. The van der Waals surface area contributed by atoms with Crippen LogP contribution in [0.15, 0.2) is 12.1 Å². The van der Waals surface area contributed by atoms with Crippen LogP contribution in [0.2, 0.25) is 0 Å². The molecule has 1 saturated heterocycles. The molecule has 0 spiro atoms. The Bertz CT molecular complexity index is 1450. The summed E-state index contributed by atoms with van der Waals surface area (Å²) in [5, 5.41) is 0.881. The van der Waals surface area contributed by atoms with Gasteiger partial charge in [-0.2, -0.15) is 0 Å². The van der Waals surface area contributed by atoms with E-state index in [0.717, 1.165) is 71.5 Å². The Hall–Kier alpha value is -2.97. The number of halogens is 1. The van der Waals surface area contributed by atoms with Gasteiger partial charge in [-0.3, -0.25) is 4.90 Å². The molecule has 3 aromatic rings. The standard InChI is InChI=1S/C33H44FN3O4/c1-8-39-32(38)30(41-33(4,5)6)27-21(3)35-31-25(17-22(36(31)7)19-37-14-10-9-11-15-37)28(27)24-18-26(34)29-23(20(24)2)13-12-16-40-29/h17-18,30H,8-16,19H2,1-7H3/t30-/m0/s1. The molecule has 0 saturated carbocycles. The highest BCUT2D eigenvalue weighted by Gasteiger charge is 2.35. The van der Waals surface area contributed by atoms with Crippen molar-refractivity contribution in [2.24, 2.45) is 7.05 Å². The number of nitrogens with zero attached hydrogens (tertiary/aromatic N) is 3. The molecule has 0 amide bonds. The fourth-order valence-corrected chi connectivity index (χ4v) is 6.33. The number of carbonyl (C=O) groups is 1. The van der Waals surface area contributed by atoms with Crippen LogP contribution in [0.25, 0.3) is 22.2 Å². The third-order valence-corrected chi connectivity index (χ3v) is 8.28. The van der Waals surface area contributed by atoms with Crippen molar-refractivity contribution >= 4 is 17.0 Å². The molecule has 0 radical (unpaired) electrons. The summed E-state index contributed by atoms with van der Waals surface area (Å²) < 4.78 is 35.6. The molecule has 0 bridgehead atoms. The third kappa shape index (κ3) is 5.86. The number of piperidine rings is 1. The van der Waals surface area contributed by atoms with Crippen LogP contribution in [0, 0.1) is 19.7 Å². The first-order chi connectivity index (χ1) is 19.5. The molecule has 8 heteroatoms. The van der Waals surface area contributed by atoms with Crippen molar-refractivity contribution in [1.82, 2.24) is 14.5 Å². The van der Waals surface area contributed by atoms with Gasteiger partial charge in [-0.15, -0.1) is 0 Å². The Morgan fingerprint density at radius 2 is 1.88 bits per heavy atom. The van der Waals surface area contributed by atoms with Crippen molar-refractivity contribution in [1.29, 1.82) is 0 Å². The maximum atomic E-state index is 15.7. The Balaban J connectivity index is 1.80. The minimum Gasteiger partial charge on any atom is -0.490 e. The van der Waals surface area contributed by atoms with E-state index in [1.807, 2.05) is 41.7 Å². The van der Waals surface area contributed by atoms with Crippen LogP contribution >= 0.6 is 0 Å². The molecule has 2 aliphatic heterocycles. The lowest BCUT2D eigenvalue weighted by Crippen LogP contribution is -2.30. The molecule has 7 nitrogen and oxygen atoms in total. The van der Waals surface area contributed by atoms with Crippen molar-refractivity contribution in [3.63, 3.8) is 0 Å². The SMILES string of the molecule is CCOC(=O)[C@@H](OC(C)(C)C)c1c(C)nc2c(cc(CN3CCCCC3)n2C)c1-c1cc(F)c2c(c1C)CCCO2. The molecule has 0 aliphatic carbocycles. The molecule has 0 unspecified atom stereocenters. The van der Waals surface area contributed by atoms with E-state index >= 15 is 4.39 Å². The number of benzene rings is 1. The number of esters is 1. The van der Waals surface area contributed by atoms with Gasteiger partial charge in [-0.05, 0) is 104 Å². The van der Waals surface area contributed by atoms with E-state index in [-0.39, 0.29) is 12.4 Å². The summed E-state index contributed by atoms with van der Waals surface area (Å²) in [4.78, 5) is 21.1. The highest BCUT2D eigenvalue weighted by molar-refractivity contribution is 5.99. The normalized spacial score (nSPS) is 16.9. The van der Waals surface area contributed by atoms with E-state index in [4.69, 9.17) is 19.2 Å². The summed E-state index contributed by atoms with van der Waals surface area (Å²) in [6.45, 7) is 15.2. The Labute approximate surface area is 243 Å². The van der Waals surface area contributed by atoms with Gasteiger partial charge in [0.15, 0.2) is 17.7 Å². The van der Waals surface area contributed by atoms with Crippen molar-refractivity contribution in [3.8, 4) is 16.9 Å². The van der Waals surface area contributed by atoms with E-state index in [0.29, 0.717) is 23.6 Å². The average molecular weight is 566 g/mol. The molecular formula is C33H44FN3O4. The summed E-state index contributed by atoms with van der Waals surface area (Å²) in [5.41, 5.74) is 5.93. The fourth-order valence-electron chi connectivity index (χ4n) is 6.33. The Morgan fingerprint density at radius 3 is 2.56 bits per heavy atom. The molecular weight excluding hydrogens is 521 g/mol. The summed E-state index contributed by atoms with van der Waals surface area (Å²) in [7, 11) is 2.04. The maximum absolute atomic E-state index is 15.7. The second-order valence-corrected chi connectivity index (χ2v) is 12.4. The summed E-state index contributed by atoms with van der Waals surface area (Å²) in [6, 6.07) is 3.73. The first-order valence-electron chi connectivity index (χ1n) is 15.0. The topological polar surface area (TPSA) is 65.8 Å². The summed E-state index contributed by atoms with van der Waals surface area (Å²) in [6.07, 6.45) is 4.23. The highest BCUT2D eigenvalue weighted by Crippen LogP contribution is 2.45. The van der Waals surface area contributed by atoms with E-state index in [1.54, 1.807) is 13.0 Å². The maximum Gasteiger partial charge on any atom is 0.340 e. The van der Waals surface area contributed by atoms with E-state index in [9.17, 15) is 4.79 Å². The van der Waals surface area contributed by atoms with Gasteiger partial charge in [-0.25, -0.2) is 14.2 Å². The molecule has 5 rings (SSSR count). The van der Waals surface area contributed by atoms with Crippen LogP contribution in [0.4, 0.5) is 4.39 Å². The molecule has 2 aliphatic rings. The average Bonchev–Trinajstić information content (AvgIpc) is 3.23. The van der Waals surface area contributed by atoms with Crippen LogP contribution < -0.4 is 4.74 Å². The lowest BCUT2D eigenvalue weighted by atomic mass is 9.86. The molecule has 1 aromatic carbocycles. The van der Waals surface area contributed by atoms with Crippen molar-refractivity contribution in [2.75, 3.05) is 26.3 Å². The van der Waals surface area contributed by atoms with Gasteiger partial charge in [0, 0.05) is 47.1 Å². The quantitative estimate of drug-likeness (QED) is 0.296. The van der Waals surface area contributed by atoms with Crippen LogP contribution in [0.5, 0.6) is 5.75 Å². The van der Waals surface area contributed by atoms with Crippen molar-refractivity contribution in [2.45, 2.75) is 91.9 Å². The largest absolute Gasteiger partial charge is 0.490 e. The minimum atomic E-state index is -1.03. The first kappa shape index (κ1) is 29.5. The highest BCUT2D eigenvalue weighted by atomic mass is 19.1. The lowest BCUT2D eigenvalue weighted by molar-refractivity contribution is -0.166. The number of aromatic nitrogens is 2. The Morgan fingerprint density at radius 1 is 1.15 bits per heavy atom. The fraction of sp³-hybridized carbons (Fsp3) is 0.576. The zero-order chi connectivity index (χ0) is 29.5. The summed E-state index contributed by atoms with van der Waals surface area (Å²) in [5.74, 6) is -0.521. The van der Waals surface area contributed by atoms with Gasteiger partial charge in [0.05, 0.1) is 18.8 Å².